The Morgan fingerprint density at radius 2 is 2.10 bits per heavy atom. The van der Waals surface area contributed by atoms with Crippen LogP contribution in [-0.2, 0) is 24.3 Å². The molecular weight excluding hydrogens is 424 g/mol. The molecule has 3 heterocycles. The lowest BCUT2D eigenvalue weighted by Crippen LogP contribution is -2.44. The number of esters is 1. The molecule has 4 rings (SSSR count). The molecule has 2 aliphatic rings. The van der Waals surface area contributed by atoms with Crippen molar-refractivity contribution in [2.24, 2.45) is 10.3 Å². The normalized spacial score (nSPS) is 20.5. The number of fused-ring (bicyclic) bond motifs is 1. The van der Waals surface area contributed by atoms with Crippen molar-refractivity contribution in [1.29, 1.82) is 0 Å². The summed E-state index contributed by atoms with van der Waals surface area (Å²) in [5.74, 6) is -0.404. The third-order valence-electron chi connectivity index (χ3n) is 5.21. The van der Waals surface area contributed by atoms with E-state index >= 15 is 0 Å². The van der Waals surface area contributed by atoms with Crippen LogP contribution in [0.5, 0.6) is 0 Å². The van der Waals surface area contributed by atoms with Crippen molar-refractivity contribution >= 4 is 33.6 Å². The molecule has 0 radical (unpaired) electrons. The Labute approximate surface area is 179 Å². The zero-order chi connectivity index (χ0) is 22.2. The summed E-state index contributed by atoms with van der Waals surface area (Å²) in [5, 5.41) is 6.20. The van der Waals surface area contributed by atoms with Gasteiger partial charge in [0.15, 0.2) is 17.8 Å². The Hall–Kier alpha value is -3.21. The summed E-state index contributed by atoms with van der Waals surface area (Å²) in [6, 6.07) is 8.19. The summed E-state index contributed by atoms with van der Waals surface area (Å²) < 4.78 is 38.8. The number of amides is 1. The highest BCUT2D eigenvalue weighted by Gasteiger charge is 2.36. The molecule has 10 nitrogen and oxygen atoms in total. The van der Waals surface area contributed by atoms with Crippen LogP contribution >= 0.6 is 0 Å². The average Bonchev–Trinajstić information content (AvgIpc) is 3.28. The van der Waals surface area contributed by atoms with Gasteiger partial charge >= 0.3 is 5.97 Å². The molecule has 0 bridgehead atoms. The first-order valence-corrected chi connectivity index (χ1v) is 11.3. The van der Waals surface area contributed by atoms with E-state index in [1.54, 1.807) is 36.1 Å². The number of aryl methyl sites for hydroxylation is 1. The highest BCUT2D eigenvalue weighted by Crippen LogP contribution is 2.30. The van der Waals surface area contributed by atoms with Crippen molar-refractivity contribution in [3.63, 3.8) is 0 Å². The molecule has 1 N–H and O–H groups in total. The van der Waals surface area contributed by atoms with Crippen LogP contribution in [0.2, 0.25) is 0 Å². The Kier molecular flexibility index (Phi) is 5.52. The second kappa shape index (κ2) is 8.14. The number of sulfonamides is 1. The highest BCUT2D eigenvalue weighted by atomic mass is 32.2. The predicted molar refractivity (Wildman–Crippen MR) is 110 cm³/mol. The summed E-state index contributed by atoms with van der Waals surface area (Å²) in [7, 11) is -3.74. The second-order valence-electron chi connectivity index (χ2n) is 7.56. The van der Waals surface area contributed by atoms with Crippen molar-refractivity contribution in [2.45, 2.75) is 37.7 Å². The molecule has 31 heavy (non-hydrogen) atoms. The number of anilines is 1. The van der Waals surface area contributed by atoms with Gasteiger partial charge in [0.05, 0.1) is 5.92 Å². The van der Waals surface area contributed by atoms with Crippen LogP contribution in [-0.4, -0.2) is 55.4 Å². The topological polar surface area (TPSA) is 131 Å². The summed E-state index contributed by atoms with van der Waals surface area (Å²) in [5.41, 5.74) is 0.534. The van der Waals surface area contributed by atoms with Crippen LogP contribution in [0.1, 0.15) is 31.1 Å². The molecule has 0 spiro atoms. The zero-order valence-electron chi connectivity index (χ0n) is 17.1. The summed E-state index contributed by atoms with van der Waals surface area (Å²) in [4.78, 5) is 26.9. The first kappa shape index (κ1) is 21.0. The highest BCUT2D eigenvalue weighted by molar-refractivity contribution is 7.90. The van der Waals surface area contributed by atoms with E-state index in [0.717, 1.165) is 0 Å². The maximum Gasteiger partial charge on any atom is 0.311 e. The SMILES string of the molecule is Cc1cc(NC(=O)[C@@H](C)OC(=O)[C@H]2CCCN(C3=NS(=O)(=O)c4ccccc43)C2)no1. The monoisotopic (exact) mass is 446 g/mol. The van der Waals surface area contributed by atoms with E-state index in [4.69, 9.17) is 9.26 Å². The minimum atomic E-state index is -3.74. The summed E-state index contributed by atoms with van der Waals surface area (Å²) in [6.07, 6.45) is 0.220. The summed E-state index contributed by atoms with van der Waals surface area (Å²) >= 11 is 0. The maximum absolute atomic E-state index is 12.7. The van der Waals surface area contributed by atoms with Crippen LogP contribution in [0.3, 0.4) is 0 Å². The molecule has 1 amide bonds. The predicted octanol–water partition coefficient (Wildman–Crippen LogP) is 1.71. The van der Waals surface area contributed by atoms with Gasteiger partial charge in [0.1, 0.15) is 10.7 Å². The minimum absolute atomic E-state index is 0.170. The second-order valence-corrected chi connectivity index (χ2v) is 9.13. The Morgan fingerprint density at radius 3 is 2.84 bits per heavy atom. The fraction of sp³-hybridized carbons (Fsp3) is 0.400. The van der Waals surface area contributed by atoms with Gasteiger partial charge in [0, 0.05) is 24.7 Å². The van der Waals surface area contributed by atoms with E-state index in [-0.39, 0.29) is 17.3 Å². The van der Waals surface area contributed by atoms with Crippen LogP contribution in [0.15, 0.2) is 44.1 Å². The van der Waals surface area contributed by atoms with E-state index < -0.39 is 33.9 Å². The first-order chi connectivity index (χ1) is 14.7. The van der Waals surface area contributed by atoms with Gasteiger partial charge < -0.3 is 19.5 Å². The van der Waals surface area contributed by atoms with Crippen LogP contribution in [0.4, 0.5) is 5.82 Å². The van der Waals surface area contributed by atoms with E-state index in [1.807, 2.05) is 0 Å². The fourth-order valence-electron chi connectivity index (χ4n) is 3.66. The van der Waals surface area contributed by atoms with Crippen molar-refractivity contribution in [2.75, 3.05) is 18.4 Å². The van der Waals surface area contributed by atoms with Gasteiger partial charge in [-0.25, -0.2) is 0 Å². The zero-order valence-corrected chi connectivity index (χ0v) is 17.9. The quantitative estimate of drug-likeness (QED) is 0.702. The van der Waals surface area contributed by atoms with Gasteiger partial charge in [-0.1, -0.05) is 17.3 Å². The van der Waals surface area contributed by atoms with Crippen LogP contribution in [0.25, 0.3) is 0 Å². The lowest BCUT2D eigenvalue weighted by atomic mass is 9.97. The number of piperidine rings is 1. The third kappa shape index (κ3) is 4.31. The molecule has 164 valence electrons. The van der Waals surface area contributed by atoms with E-state index in [1.165, 1.54) is 13.0 Å². The minimum Gasteiger partial charge on any atom is -0.452 e. The van der Waals surface area contributed by atoms with Gasteiger partial charge in [-0.05, 0) is 38.8 Å². The lowest BCUT2D eigenvalue weighted by molar-refractivity contribution is -0.158. The number of hydrogen-bond acceptors (Lipinski definition) is 8. The van der Waals surface area contributed by atoms with Gasteiger partial charge in [-0.15, -0.1) is 4.40 Å². The Balaban J connectivity index is 1.41. The molecule has 1 fully saturated rings. The molecule has 0 unspecified atom stereocenters. The van der Waals surface area contributed by atoms with Gasteiger partial charge in [-0.3, -0.25) is 9.59 Å². The number of benzene rings is 1. The summed E-state index contributed by atoms with van der Waals surface area (Å²) in [6.45, 7) is 4.01. The Bertz CT molecular complexity index is 1160. The van der Waals surface area contributed by atoms with E-state index in [0.29, 0.717) is 36.5 Å². The molecule has 2 atom stereocenters. The number of hydrogen-bond donors (Lipinski definition) is 1. The van der Waals surface area contributed by atoms with Crippen molar-refractivity contribution < 1.29 is 27.3 Å². The molecule has 11 heteroatoms. The van der Waals surface area contributed by atoms with Gasteiger partial charge in [0.2, 0.25) is 0 Å². The smallest absolute Gasteiger partial charge is 0.311 e. The molecular formula is C20H22N4O6S. The number of aromatic nitrogens is 1. The fourth-order valence-corrected chi connectivity index (χ4v) is 4.88. The van der Waals surface area contributed by atoms with Gasteiger partial charge in [0.25, 0.3) is 15.9 Å². The first-order valence-electron chi connectivity index (χ1n) is 9.88. The van der Waals surface area contributed by atoms with Crippen molar-refractivity contribution in [1.82, 2.24) is 10.1 Å². The number of carbonyl (C=O) groups is 2. The number of amidine groups is 1. The standard InChI is InChI=1S/C20H22N4O6S/c1-12-10-17(22-30-12)21-19(25)13(2)29-20(26)14-6-5-9-24(11-14)18-15-7-3-4-8-16(15)31(27,28)23-18/h3-4,7-8,10,13-14H,5-6,9,11H2,1-2H3,(H,21,22,25)/t13-,14+/m1/s1. The lowest BCUT2D eigenvalue weighted by Gasteiger charge is -2.33. The number of likely N-dealkylation sites (tertiary alicyclic amines) is 1. The van der Waals surface area contributed by atoms with Crippen molar-refractivity contribution in [3.8, 4) is 0 Å². The number of nitrogens with one attached hydrogen (secondary N) is 1. The molecule has 1 aromatic heterocycles. The molecule has 2 aromatic rings. The molecule has 0 saturated carbocycles. The van der Waals surface area contributed by atoms with E-state index in [9.17, 15) is 18.0 Å². The maximum atomic E-state index is 12.7. The van der Waals surface area contributed by atoms with Crippen molar-refractivity contribution in [3.05, 3.63) is 41.7 Å². The number of nitrogens with zero attached hydrogens (tertiary/aromatic N) is 3. The largest absolute Gasteiger partial charge is 0.452 e. The van der Waals surface area contributed by atoms with Crippen LogP contribution in [0, 0.1) is 12.8 Å². The molecule has 1 aromatic carbocycles. The number of ether oxygens (including phenoxy) is 1. The average molecular weight is 446 g/mol. The molecule has 1 saturated heterocycles. The third-order valence-corrected chi connectivity index (χ3v) is 6.53. The van der Waals surface area contributed by atoms with Crippen LogP contribution < -0.4 is 5.32 Å². The van der Waals surface area contributed by atoms with E-state index in [2.05, 4.69) is 14.9 Å². The molecule has 0 aliphatic carbocycles. The molecule has 2 aliphatic heterocycles. The van der Waals surface area contributed by atoms with Gasteiger partial charge in [-0.2, -0.15) is 8.42 Å². The Morgan fingerprint density at radius 1 is 1.32 bits per heavy atom. The number of carbonyl (C=O) groups excluding carboxylic acids is 2. The number of rotatable bonds is 4.